The molecule has 3 heterocycles. The predicted octanol–water partition coefficient (Wildman–Crippen LogP) is 2.39. The zero-order valence-electron chi connectivity index (χ0n) is 14.2. The molecule has 0 aromatic carbocycles. The van der Waals surface area contributed by atoms with E-state index in [1.54, 1.807) is 15.9 Å². The molecule has 0 unspecified atom stereocenters. The Morgan fingerprint density at radius 3 is 2.35 bits per heavy atom. The van der Waals surface area contributed by atoms with E-state index in [0.29, 0.717) is 36.1 Å². The summed E-state index contributed by atoms with van der Waals surface area (Å²) in [5, 5.41) is 11.6. The van der Waals surface area contributed by atoms with Crippen molar-refractivity contribution in [1.29, 1.82) is 0 Å². The zero-order chi connectivity index (χ0) is 19.1. The Morgan fingerprint density at radius 2 is 1.85 bits per heavy atom. The molecular weight excluding hydrogens is 398 g/mol. The van der Waals surface area contributed by atoms with Gasteiger partial charge in [0.2, 0.25) is 0 Å². The van der Waals surface area contributed by atoms with E-state index < -0.39 is 14.8 Å². The third kappa shape index (κ3) is 3.74. The van der Waals surface area contributed by atoms with Gasteiger partial charge in [-0.25, -0.2) is 8.42 Å². The molecule has 1 aliphatic heterocycles. The average Bonchev–Trinajstić information content (AvgIpc) is 3.20. The molecule has 0 saturated carbocycles. The summed E-state index contributed by atoms with van der Waals surface area (Å²) in [6.45, 7) is 3.63. The highest BCUT2D eigenvalue weighted by atomic mass is 32.2. The van der Waals surface area contributed by atoms with Crippen molar-refractivity contribution in [2.75, 3.05) is 37.3 Å². The van der Waals surface area contributed by atoms with Crippen molar-refractivity contribution in [1.82, 2.24) is 4.90 Å². The Bertz CT molecular complexity index is 955. The van der Waals surface area contributed by atoms with E-state index in [2.05, 4.69) is 0 Å². The number of carbonyl (C=O) groups is 1. The smallest absolute Gasteiger partial charge is 0.305 e. The first-order valence-corrected chi connectivity index (χ1v) is 11.3. The first kappa shape index (κ1) is 18.8. The predicted molar refractivity (Wildman–Crippen MR) is 101 cm³/mol. The van der Waals surface area contributed by atoms with Crippen LogP contribution in [0.3, 0.4) is 0 Å². The van der Waals surface area contributed by atoms with Crippen LogP contribution in [0.25, 0.3) is 0 Å². The molecule has 8 nitrogen and oxygen atoms in total. The second-order valence-corrected chi connectivity index (χ2v) is 10.5. The third-order valence-corrected chi connectivity index (χ3v) is 8.01. The Labute approximate surface area is 158 Å². The average molecular weight is 416 g/mol. The Hall–Kier alpha value is -1.98. The lowest BCUT2D eigenvalue weighted by Crippen LogP contribution is -2.48. The number of nitro groups is 1. The number of carbonyl (C=O) groups excluding carboxylic acids is 1. The molecule has 11 heteroatoms. The van der Waals surface area contributed by atoms with Gasteiger partial charge in [0.05, 0.1) is 9.80 Å². The number of nitrogens with zero attached hydrogens (tertiary/aromatic N) is 3. The lowest BCUT2D eigenvalue weighted by molar-refractivity contribution is -0.383. The van der Waals surface area contributed by atoms with Gasteiger partial charge in [0.25, 0.3) is 5.91 Å². The number of amides is 1. The van der Waals surface area contributed by atoms with Crippen molar-refractivity contribution in [3.8, 4) is 0 Å². The molecule has 0 spiro atoms. The summed E-state index contributed by atoms with van der Waals surface area (Å²) in [5.41, 5.74) is -0.205. The second-order valence-electron chi connectivity index (χ2n) is 5.97. The Balaban J connectivity index is 1.77. The number of aryl methyl sites for hydroxylation is 1. The molecule has 2 aromatic heterocycles. The molecule has 1 saturated heterocycles. The minimum Gasteiger partial charge on any atom is -0.354 e. The van der Waals surface area contributed by atoms with Gasteiger partial charge in [0, 0.05) is 43.4 Å². The van der Waals surface area contributed by atoms with Crippen LogP contribution in [0.5, 0.6) is 0 Å². The first-order chi connectivity index (χ1) is 12.2. The van der Waals surface area contributed by atoms with E-state index >= 15 is 0 Å². The maximum absolute atomic E-state index is 12.5. The molecule has 26 heavy (non-hydrogen) atoms. The van der Waals surface area contributed by atoms with Crippen LogP contribution in [0, 0.1) is 17.0 Å². The summed E-state index contributed by atoms with van der Waals surface area (Å²) < 4.78 is 23.4. The monoisotopic (exact) mass is 415 g/mol. The maximum atomic E-state index is 12.5. The fourth-order valence-electron chi connectivity index (χ4n) is 2.71. The summed E-state index contributed by atoms with van der Waals surface area (Å²) >= 11 is 2.35. The van der Waals surface area contributed by atoms with Gasteiger partial charge < -0.3 is 9.80 Å². The fourth-order valence-corrected chi connectivity index (χ4v) is 5.62. The van der Waals surface area contributed by atoms with Crippen LogP contribution in [0.1, 0.15) is 14.5 Å². The van der Waals surface area contributed by atoms with Gasteiger partial charge in [0.1, 0.15) is 4.21 Å². The van der Waals surface area contributed by atoms with Gasteiger partial charge in [-0.1, -0.05) is 11.3 Å². The molecule has 0 bridgehead atoms. The van der Waals surface area contributed by atoms with Crippen molar-refractivity contribution in [3.63, 3.8) is 0 Å². The van der Waals surface area contributed by atoms with Crippen molar-refractivity contribution in [3.05, 3.63) is 38.1 Å². The number of anilines is 1. The van der Waals surface area contributed by atoms with Crippen molar-refractivity contribution in [2.45, 2.75) is 11.1 Å². The van der Waals surface area contributed by atoms with Crippen molar-refractivity contribution in [2.24, 2.45) is 0 Å². The summed E-state index contributed by atoms with van der Waals surface area (Å²) in [6.07, 6.45) is 1.03. The van der Waals surface area contributed by atoms with Crippen LogP contribution < -0.4 is 4.90 Å². The molecule has 1 fully saturated rings. The van der Waals surface area contributed by atoms with Crippen LogP contribution in [-0.2, 0) is 9.84 Å². The van der Waals surface area contributed by atoms with Gasteiger partial charge in [-0.05, 0) is 19.1 Å². The molecule has 0 atom stereocenters. The van der Waals surface area contributed by atoms with Crippen LogP contribution in [0.4, 0.5) is 10.7 Å². The van der Waals surface area contributed by atoms with E-state index in [4.69, 9.17) is 0 Å². The summed E-state index contributed by atoms with van der Waals surface area (Å²) in [5.74, 6) is -0.0414. The summed E-state index contributed by atoms with van der Waals surface area (Å²) in [7, 11) is -3.51. The molecule has 1 amide bonds. The highest BCUT2D eigenvalue weighted by Gasteiger charge is 2.30. The number of hydrogen-bond acceptors (Lipinski definition) is 8. The van der Waals surface area contributed by atoms with Crippen LogP contribution in [0.15, 0.2) is 22.4 Å². The number of thiophene rings is 2. The van der Waals surface area contributed by atoms with Gasteiger partial charge in [-0.2, -0.15) is 0 Å². The van der Waals surface area contributed by atoms with Crippen LogP contribution in [-0.4, -0.2) is 56.6 Å². The Morgan fingerprint density at radius 1 is 1.19 bits per heavy atom. The molecule has 140 valence electrons. The minimum absolute atomic E-state index is 0.0215. The topological polar surface area (TPSA) is 101 Å². The molecule has 0 N–H and O–H groups in total. The molecule has 0 radical (unpaired) electrons. The maximum Gasteiger partial charge on any atom is 0.305 e. The zero-order valence-corrected chi connectivity index (χ0v) is 16.6. The number of piperazine rings is 1. The summed E-state index contributed by atoms with van der Waals surface area (Å²) in [6, 6.07) is 4.81. The second kappa shape index (κ2) is 6.97. The van der Waals surface area contributed by atoms with Crippen LogP contribution in [0.2, 0.25) is 0 Å². The van der Waals surface area contributed by atoms with Gasteiger partial charge in [0.15, 0.2) is 14.8 Å². The highest BCUT2D eigenvalue weighted by molar-refractivity contribution is 7.92. The van der Waals surface area contributed by atoms with Crippen molar-refractivity contribution >= 4 is 49.1 Å². The highest BCUT2D eigenvalue weighted by Crippen LogP contribution is 2.40. The van der Waals surface area contributed by atoms with Gasteiger partial charge >= 0.3 is 5.69 Å². The molecular formula is C15H17N3O5S3. The number of rotatable bonds is 4. The molecule has 3 rings (SSSR count). The minimum atomic E-state index is -3.51. The van der Waals surface area contributed by atoms with Gasteiger partial charge in [-0.3, -0.25) is 14.9 Å². The SMILES string of the molecule is Cc1ccc(C(=O)N2CCN(c3sc(S(C)(=O)=O)cc3[N+](=O)[O-])CC2)s1. The molecule has 1 aliphatic rings. The standard InChI is InChI=1S/C15H17N3O5S3/c1-10-3-4-12(24-10)14(19)16-5-7-17(8-6-16)15-11(18(20)21)9-13(25-15)26(2,22)23/h3-4,9H,5-8H2,1-2H3. The van der Waals surface area contributed by atoms with E-state index in [1.807, 2.05) is 13.0 Å². The molecule has 2 aromatic rings. The van der Waals surface area contributed by atoms with E-state index in [9.17, 15) is 23.3 Å². The largest absolute Gasteiger partial charge is 0.354 e. The van der Waals surface area contributed by atoms with E-state index in [1.165, 1.54) is 11.3 Å². The van der Waals surface area contributed by atoms with Crippen molar-refractivity contribution < 1.29 is 18.1 Å². The Kier molecular flexibility index (Phi) is 5.04. The lowest BCUT2D eigenvalue weighted by Gasteiger charge is -2.34. The normalized spacial score (nSPS) is 15.3. The number of sulfone groups is 1. The van der Waals surface area contributed by atoms with Gasteiger partial charge in [-0.15, -0.1) is 11.3 Å². The van der Waals surface area contributed by atoms with E-state index in [0.717, 1.165) is 28.5 Å². The summed E-state index contributed by atoms with van der Waals surface area (Å²) in [4.78, 5) is 28.5. The first-order valence-electron chi connectivity index (χ1n) is 7.76. The fraction of sp³-hybridized carbons (Fsp3) is 0.400. The third-order valence-electron chi connectivity index (χ3n) is 4.04. The number of hydrogen-bond donors (Lipinski definition) is 0. The van der Waals surface area contributed by atoms with E-state index in [-0.39, 0.29) is 15.8 Å². The van der Waals surface area contributed by atoms with Crippen LogP contribution >= 0.6 is 22.7 Å². The molecule has 0 aliphatic carbocycles. The quantitative estimate of drug-likeness (QED) is 0.561. The lowest BCUT2D eigenvalue weighted by atomic mass is 10.3.